The number of carbonyl (C=O) groups is 1. The number of hydrogen-bond acceptors (Lipinski definition) is 4. The van der Waals surface area contributed by atoms with E-state index < -0.39 is 12.6 Å². The van der Waals surface area contributed by atoms with E-state index in [1.54, 1.807) is 6.21 Å². The summed E-state index contributed by atoms with van der Waals surface area (Å²) >= 11 is 0. The van der Waals surface area contributed by atoms with Crippen LogP contribution in [0.15, 0.2) is 10.2 Å². The molecule has 80 valence electrons. The van der Waals surface area contributed by atoms with E-state index in [1.165, 1.54) is 0 Å². The number of aliphatic carboxylic acids is 1. The summed E-state index contributed by atoms with van der Waals surface area (Å²) in [5.41, 5.74) is 0.181. The highest BCUT2D eigenvalue weighted by molar-refractivity contribution is 5.69. The topological polar surface area (TPSA) is 71.2 Å². The minimum Gasteiger partial charge on any atom is -0.479 e. The monoisotopic (exact) mass is 200 g/mol. The van der Waals surface area contributed by atoms with Gasteiger partial charge in [-0.25, -0.2) is 4.79 Å². The third kappa shape index (κ3) is 10.6. The Kier molecular flexibility index (Phi) is 5.52. The number of hydrogen-bond donors (Lipinski definition) is 1. The quantitative estimate of drug-likeness (QED) is 0.415. The van der Waals surface area contributed by atoms with Crippen LogP contribution in [0.2, 0.25) is 0 Å². The molecule has 0 saturated heterocycles. The molecule has 0 aromatic heterocycles. The molecular weight excluding hydrogens is 184 g/mol. The lowest BCUT2D eigenvalue weighted by molar-refractivity contribution is -0.139. The molecule has 5 heteroatoms. The van der Waals surface area contributed by atoms with Crippen LogP contribution >= 0.6 is 0 Å². The lowest BCUT2D eigenvalue weighted by Gasteiger charge is -2.13. The van der Waals surface area contributed by atoms with Gasteiger partial charge in [0, 0.05) is 6.21 Å². The molecule has 0 aliphatic heterocycles. The average Bonchev–Trinajstić information content (AvgIpc) is 2.00. The average molecular weight is 200 g/mol. The van der Waals surface area contributed by atoms with Gasteiger partial charge in [0.25, 0.3) is 0 Å². The van der Waals surface area contributed by atoms with Crippen molar-refractivity contribution in [1.82, 2.24) is 0 Å². The van der Waals surface area contributed by atoms with Gasteiger partial charge in [-0.2, -0.15) is 5.10 Å². The second-order valence-corrected chi connectivity index (χ2v) is 3.99. The highest BCUT2D eigenvalue weighted by Crippen LogP contribution is 2.15. The fourth-order valence-corrected chi connectivity index (χ4v) is 0.531. The number of nitrogens with zero attached hydrogens (tertiary/aromatic N) is 2. The van der Waals surface area contributed by atoms with Crippen molar-refractivity contribution in [2.45, 2.75) is 27.2 Å². The van der Waals surface area contributed by atoms with E-state index in [2.05, 4.69) is 35.7 Å². The standard InChI is InChI=1S/C9H16N2O3/c1-9(2,3)4-5-10-11-7-14-6-8(12)13/h5,7H,4,6H2,1-3H3,(H,12,13). The number of carboxylic acids is 1. The molecule has 1 N–H and O–H groups in total. The van der Waals surface area contributed by atoms with Crippen molar-refractivity contribution in [3.8, 4) is 0 Å². The third-order valence-corrected chi connectivity index (χ3v) is 1.18. The number of rotatable bonds is 5. The summed E-state index contributed by atoms with van der Waals surface area (Å²) in [5.74, 6) is -1.03. The lowest BCUT2D eigenvalue weighted by atomic mass is 9.93. The molecule has 0 spiro atoms. The lowest BCUT2D eigenvalue weighted by Crippen LogP contribution is -2.05. The van der Waals surface area contributed by atoms with Crippen LogP contribution in [0.1, 0.15) is 27.2 Å². The Morgan fingerprint density at radius 2 is 2.07 bits per heavy atom. The first-order chi connectivity index (χ1) is 6.42. The smallest absolute Gasteiger partial charge is 0.341 e. The van der Waals surface area contributed by atoms with Gasteiger partial charge in [0.1, 0.15) is 0 Å². The molecule has 0 rings (SSSR count). The summed E-state index contributed by atoms with van der Waals surface area (Å²) in [6.45, 7) is 5.87. The molecule has 0 heterocycles. The van der Waals surface area contributed by atoms with Crippen LogP contribution in [0.25, 0.3) is 0 Å². The Labute approximate surface area is 83.5 Å². The van der Waals surface area contributed by atoms with Gasteiger partial charge in [0.05, 0.1) is 0 Å². The zero-order valence-electron chi connectivity index (χ0n) is 8.73. The van der Waals surface area contributed by atoms with E-state index in [1.807, 2.05) is 0 Å². The normalized spacial score (nSPS) is 12.5. The molecule has 0 bridgehead atoms. The maximum absolute atomic E-state index is 9.99. The van der Waals surface area contributed by atoms with Gasteiger partial charge >= 0.3 is 5.97 Å². The van der Waals surface area contributed by atoms with Gasteiger partial charge in [-0.15, -0.1) is 5.10 Å². The van der Waals surface area contributed by atoms with E-state index in [-0.39, 0.29) is 5.41 Å². The largest absolute Gasteiger partial charge is 0.479 e. The summed E-state index contributed by atoms with van der Waals surface area (Å²) in [6, 6.07) is 0. The highest BCUT2D eigenvalue weighted by Gasteiger charge is 2.06. The Morgan fingerprint density at radius 1 is 1.43 bits per heavy atom. The third-order valence-electron chi connectivity index (χ3n) is 1.18. The van der Waals surface area contributed by atoms with Crippen molar-refractivity contribution in [2.24, 2.45) is 15.6 Å². The zero-order chi connectivity index (χ0) is 11.0. The zero-order valence-corrected chi connectivity index (χ0v) is 8.73. The van der Waals surface area contributed by atoms with Crippen LogP contribution in [0.4, 0.5) is 0 Å². The molecule has 0 fully saturated rings. The molecule has 0 saturated carbocycles. The molecule has 0 aromatic carbocycles. The maximum atomic E-state index is 9.99. The van der Waals surface area contributed by atoms with Crippen molar-refractivity contribution in [2.75, 3.05) is 6.61 Å². The summed E-state index contributed by atoms with van der Waals surface area (Å²) in [6.07, 6.45) is 3.50. The van der Waals surface area contributed by atoms with Gasteiger partial charge in [0.2, 0.25) is 0 Å². The van der Waals surface area contributed by atoms with Gasteiger partial charge in [-0.05, 0) is 11.8 Å². The second-order valence-electron chi connectivity index (χ2n) is 3.99. The summed E-state index contributed by atoms with van der Waals surface area (Å²) in [4.78, 5) is 9.99. The predicted octanol–water partition coefficient (Wildman–Crippen LogP) is 1.54. The molecular formula is C9H16N2O3. The maximum Gasteiger partial charge on any atom is 0.341 e. The van der Waals surface area contributed by atoms with Gasteiger partial charge in [0.15, 0.2) is 13.0 Å². The minimum atomic E-state index is -1.03. The molecule has 0 atom stereocenters. The summed E-state index contributed by atoms with van der Waals surface area (Å²) in [5, 5.41) is 15.4. The van der Waals surface area contributed by atoms with Gasteiger partial charge in [-0.1, -0.05) is 20.8 Å². The molecule has 0 radical (unpaired) electrons. The number of carboxylic acid groups (broad SMARTS) is 1. The van der Waals surface area contributed by atoms with Crippen molar-refractivity contribution in [1.29, 1.82) is 0 Å². The molecule has 5 nitrogen and oxygen atoms in total. The molecule has 0 amide bonds. The SMILES string of the molecule is CC(C)(C)CC=NN=COCC(=O)O. The predicted molar refractivity (Wildman–Crippen MR) is 54.6 cm³/mol. The minimum absolute atomic E-state index is 0.181. The van der Waals surface area contributed by atoms with Crippen molar-refractivity contribution < 1.29 is 14.6 Å². The van der Waals surface area contributed by atoms with E-state index in [9.17, 15) is 4.79 Å². The first-order valence-electron chi connectivity index (χ1n) is 4.28. The van der Waals surface area contributed by atoms with Gasteiger partial charge < -0.3 is 9.84 Å². The van der Waals surface area contributed by atoms with E-state index in [0.717, 1.165) is 12.8 Å². The fraction of sp³-hybridized carbons (Fsp3) is 0.667. The van der Waals surface area contributed by atoms with Crippen LogP contribution < -0.4 is 0 Å². The van der Waals surface area contributed by atoms with E-state index in [0.29, 0.717) is 0 Å². The molecule has 0 aliphatic carbocycles. The Hall–Kier alpha value is -1.39. The van der Waals surface area contributed by atoms with Gasteiger partial charge in [-0.3, -0.25) is 0 Å². The van der Waals surface area contributed by atoms with Crippen LogP contribution in [-0.4, -0.2) is 30.3 Å². The van der Waals surface area contributed by atoms with Crippen molar-refractivity contribution in [3.63, 3.8) is 0 Å². The van der Waals surface area contributed by atoms with E-state index >= 15 is 0 Å². The molecule has 0 unspecified atom stereocenters. The van der Waals surface area contributed by atoms with Crippen LogP contribution in [-0.2, 0) is 9.53 Å². The van der Waals surface area contributed by atoms with Crippen LogP contribution in [0.3, 0.4) is 0 Å². The second kappa shape index (κ2) is 6.12. The first-order valence-corrected chi connectivity index (χ1v) is 4.28. The first kappa shape index (κ1) is 12.6. The fourth-order valence-electron chi connectivity index (χ4n) is 0.531. The molecule has 0 aromatic rings. The Bertz CT molecular complexity index is 229. The van der Waals surface area contributed by atoms with Crippen LogP contribution in [0.5, 0.6) is 0 Å². The van der Waals surface area contributed by atoms with E-state index in [4.69, 9.17) is 5.11 Å². The highest BCUT2D eigenvalue weighted by atomic mass is 16.5. The summed E-state index contributed by atoms with van der Waals surface area (Å²) in [7, 11) is 0. The van der Waals surface area contributed by atoms with Crippen molar-refractivity contribution >= 4 is 18.6 Å². The Morgan fingerprint density at radius 3 is 2.57 bits per heavy atom. The Balaban J connectivity index is 3.56. The summed E-state index contributed by atoms with van der Waals surface area (Å²) < 4.78 is 4.52. The molecule has 0 aliphatic rings. The number of ether oxygens (including phenoxy) is 1. The van der Waals surface area contributed by atoms with Crippen LogP contribution in [0, 0.1) is 5.41 Å². The molecule has 14 heavy (non-hydrogen) atoms. The van der Waals surface area contributed by atoms with Crippen molar-refractivity contribution in [3.05, 3.63) is 0 Å².